The standard InChI is InChI=1S/C25H27ClN4O7S.C25H27FN4O6S2.C23H26N4O6S3/c1-13-18(24-19-7-16(26)3-2-14(19)4-5-35-24)9-22(37-13)23(32)20-10-28-12-29-25(20)30-17-6-15(21(31)8-17)11-36-38(27,33)34;1-13-17(24-16-5-3-2-4-14(16)6-7-35-24)9-20(37-13)23(32)18-10-28-12-29-25(18)30-19-8-15(22(31)21(19)26)11-36-38(27,33)34;1-12-16(21-22-13(2-4-32-21)3-5-34-22)8-19(35-12)20(29)17-9-25-11-26-23(17)27-15-6-14(18(28)7-15)10-33-36(24,30)31/h2-3,7,9-10,12,15,17,21,24,31H,4-6,8,11H2,1H3,(H2,27,33,34)(H,28,29,30);2-5,9-10,12,15,19,21-22,24,31H,6-8,11H2,1H3,(H2,27,33,34)(H,28,29,30);3,5,8-9,11,14-15,18,21,28H,2,4,6-7,10H2,1H3,(H2,24,30,31)(H,25,26,27)/t15-,17-,21+,24?;15-,19-,21-,22-,24?;14-,15-,18+,21?/m111/s1. The van der Waals surface area contributed by atoms with Crippen LogP contribution in [0.15, 0.2) is 114 Å². The molecule has 3 fully saturated rings. The number of aliphatic hydroxyl groups is 3. The molecule has 0 saturated heterocycles. The summed E-state index contributed by atoms with van der Waals surface area (Å²) in [7, 11) is -12.4. The number of halogens is 2. The molecule has 13 atom stereocenters. The average Bonchev–Trinajstić information content (AvgIpc) is 1.75. The van der Waals surface area contributed by atoms with Gasteiger partial charge in [0, 0.05) is 79.2 Å². The highest BCUT2D eigenvalue weighted by molar-refractivity contribution is 7.84. The Kier molecular flexibility index (Phi) is 25.7. The van der Waals surface area contributed by atoms with Crippen molar-refractivity contribution >= 4 is 111 Å². The molecule has 3 aliphatic heterocycles. The zero-order valence-corrected chi connectivity index (χ0v) is 65.9. The number of benzene rings is 2. The number of anilines is 3. The van der Waals surface area contributed by atoms with Gasteiger partial charge in [-0.1, -0.05) is 41.9 Å². The largest absolute Gasteiger partial charge is 0.457 e. The van der Waals surface area contributed by atoms with Crippen LogP contribution in [0.1, 0.15) is 162 Å². The van der Waals surface area contributed by atoms with Crippen molar-refractivity contribution in [3.8, 4) is 0 Å². The molecular formula is C73H80ClFN12O19S6. The second-order valence-electron chi connectivity index (χ2n) is 27.9. The molecule has 39 heteroatoms. The number of ether oxygens (including phenoxy) is 3. The van der Waals surface area contributed by atoms with E-state index in [9.17, 15) is 59.3 Å². The second-order valence-corrected chi connectivity index (χ2v) is 35.4. The first-order valence-corrected chi connectivity index (χ1v) is 42.8. The van der Waals surface area contributed by atoms with Gasteiger partial charge in [0.15, 0.2) is 5.76 Å². The first-order chi connectivity index (χ1) is 53.4. The topological polar surface area (TPSA) is 474 Å². The van der Waals surface area contributed by atoms with Crippen molar-refractivity contribution in [3.63, 3.8) is 0 Å². The first kappa shape index (κ1) is 82.1. The van der Waals surface area contributed by atoms with E-state index in [2.05, 4.69) is 75.9 Å². The minimum absolute atomic E-state index is 0.0379. The molecular weight excluding hydrogens is 1600 g/mol. The Morgan fingerprint density at radius 1 is 0.554 bits per heavy atom. The molecule has 15 rings (SSSR count). The number of hydrogen-bond donors (Lipinski definition) is 9. The summed E-state index contributed by atoms with van der Waals surface area (Å²) in [5, 5.41) is 57.5. The maximum atomic E-state index is 14.9. The van der Waals surface area contributed by atoms with Gasteiger partial charge < -0.3 is 49.9 Å². The number of alkyl halides is 1. The molecule has 12 N–H and O–H groups in total. The number of aliphatic hydroxyl groups excluding tert-OH is 3. The van der Waals surface area contributed by atoms with Crippen molar-refractivity contribution in [3.05, 3.63) is 212 Å². The summed E-state index contributed by atoms with van der Waals surface area (Å²) in [6.07, 6.45) is 6.47. The number of carbonyl (C=O) groups excluding carboxylic acids is 3. The lowest BCUT2D eigenvalue weighted by Crippen LogP contribution is -2.33. The normalized spacial score (nSPS) is 24.2. The van der Waals surface area contributed by atoms with Crippen LogP contribution in [-0.2, 0) is 76.9 Å². The fraction of sp³-hybridized carbons (Fsp3) is 0.411. The first-order valence-electron chi connectivity index (χ1n) is 35.5. The molecule has 7 aromatic heterocycles. The fourth-order valence-corrected chi connectivity index (χ4v) is 19.1. The molecule has 3 saturated carbocycles. The lowest BCUT2D eigenvalue weighted by atomic mass is 9.93. The summed E-state index contributed by atoms with van der Waals surface area (Å²) in [6, 6.07) is 19.9. The van der Waals surface area contributed by atoms with Crippen LogP contribution >= 0.6 is 45.6 Å². The molecule has 3 unspecified atom stereocenters. The lowest BCUT2D eigenvalue weighted by Gasteiger charge is -2.26. The molecule has 31 nitrogen and oxygen atoms in total. The molecule has 0 spiro atoms. The molecule has 6 aliphatic rings. The van der Waals surface area contributed by atoms with Crippen molar-refractivity contribution in [2.75, 3.05) is 55.6 Å². The Hall–Kier alpha value is -7.94. The van der Waals surface area contributed by atoms with Crippen LogP contribution in [0, 0.1) is 38.5 Å². The van der Waals surface area contributed by atoms with Crippen molar-refractivity contribution in [1.82, 2.24) is 29.9 Å². The van der Waals surface area contributed by atoms with Gasteiger partial charge in [0.25, 0.3) is 0 Å². The Morgan fingerprint density at radius 3 is 1.57 bits per heavy atom. The van der Waals surface area contributed by atoms with E-state index >= 15 is 0 Å². The van der Waals surface area contributed by atoms with E-state index in [1.807, 2.05) is 62.4 Å². The van der Waals surface area contributed by atoms with Crippen LogP contribution in [0.25, 0.3) is 0 Å². The number of rotatable bonds is 24. The summed E-state index contributed by atoms with van der Waals surface area (Å²) in [4.78, 5) is 69.5. The lowest BCUT2D eigenvalue weighted by molar-refractivity contribution is 0.0501. The van der Waals surface area contributed by atoms with Crippen LogP contribution in [0.3, 0.4) is 0 Å². The predicted octanol–water partition coefficient (Wildman–Crippen LogP) is 7.73. The fourth-order valence-electron chi connectivity index (χ4n) is 14.8. The molecule has 10 heterocycles. The predicted molar refractivity (Wildman–Crippen MR) is 411 cm³/mol. The van der Waals surface area contributed by atoms with E-state index in [-0.39, 0.29) is 84.0 Å². The van der Waals surface area contributed by atoms with Gasteiger partial charge in [-0.3, -0.25) is 26.9 Å². The summed E-state index contributed by atoms with van der Waals surface area (Å²) < 4.78 is 119. The summed E-state index contributed by atoms with van der Waals surface area (Å²) in [6.45, 7) is 6.56. The Bertz CT molecular complexity index is 5310. The number of ketones is 3. The number of nitrogens with two attached hydrogens (primary N) is 3. The quantitative estimate of drug-likeness (QED) is 0.0261. The summed E-state index contributed by atoms with van der Waals surface area (Å²) in [5.41, 5.74) is 8.99. The number of carbonyl (C=O) groups is 3. The maximum absolute atomic E-state index is 14.9. The van der Waals surface area contributed by atoms with E-state index in [0.29, 0.717) is 77.4 Å². The van der Waals surface area contributed by atoms with Crippen LogP contribution in [-0.4, -0.2) is 170 Å². The van der Waals surface area contributed by atoms with Crippen LogP contribution in [0.5, 0.6) is 0 Å². The Morgan fingerprint density at radius 2 is 1.03 bits per heavy atom. The zero-order valence-electron chi connectivity index (χ0n) is 60.3. The van der Waals surface area contributed by atoms with Gasteiger partial charge in [0.05, 0.1) is 90.4 Å². The molecule has 0 bridgehead atoms. The smallest absolute Gasteiger partial charge is 0.333 e. The van der Waals surface area contributed by atoms with Crippen LogP contribution in [0.2, 0.25) is 5.02 Å². The van der Waals surface area contributed by atoms with E-state index in [1.165, 1.54) is 76.3 Å². The number of furan rings is 1. The number of aromatic nitrogens is 6. The number of aryl methyl sites for hydroxylation is 3. The van der Waals surface area contributed by atoms with Crippen molar-refractivity contribution < 1.29 is 90.5 Å². The molecule has 2 aromatic carbocycles. The molecule has 0 amide bonds. The van der Waals surface area contributed by atoms with Gasteiger partial charge in [-0.15, -0.1) is 34.0 Å². The third-order valence-corrected chi connectivity index (χ3v) is 25.1. The van der Waals surface area contributed by atoms with Crippen molar-refractivity contribution in [2.24, 2.45) is 33.2 Å². The van der Waals surface area contributed by atoms with Gasteiger partial charge in [0.1, 0.15) is 66.7 Å². The Labute approximate surface area is 661 Å². The third-order valence-electron chi connectivity index (χ3n) is 20.4. The van der Waals surface area contributed by atoms with Crippen LogP contribution in [0.4, 0.5) is 21.8 Å². The van der Waals surface area contributed by atoms with E-state index in [0.717, 1.165) is 62.4 Å². The third kappa shape index (κ3) is 19.5. The number of fused-ring (bicyclic) bond motifs is 3. The van der Waals surface area contributed by atoms with E-state index in [1.54, 1.807) is 24.3 Å². The number of nitrogens with zero attached hydrogens (tertiary/aromatic N) is 6. The highest BCUT2D eigenvalue weighted by atomic mass is 35.5. The van der Waals surface area contributed by atoms with Crippen molar-refractivity contribution in [1.29, 1.82) is 0 Å². The summed E-state index contributed by atoms with van der Waals surface area (Å²) >= 11 is 10.7. The number of hydrogen-bond acceptors (Lipinski definition) is 31. The molecule has 3 aliphatic carbocycles. The number of thiophene rings is 3. The highest BCUT2D eigenvalue weighted by Crippen LogP contribution is 2.44. The molecule has 9 aromatic rings. The van der Waals surface area contributed by atoms with Crippen LogP contribution < -0.4 is 31.4 Å². The zero-order chi connectivity index (χ0) is 79.5. The van der Waals surface area contributed by atoms with Crippen molar-refractivity contribution in [2.45, 2.75) is 133 Å². The minimum Gasteiger partial charge on any atom is -0.457 e. The molecule has 596 valence electrons. The monoisotopic (exact) mass is 1670 g/mol. The van der Waals surface area contributed by atoms with E-state index < -0.39 is 97.7 Å². The minimum atomic E-state index is -4.23. The molecule has 112 heavy (non-hydrogen) atoms. The van der Waals surface area contributed by atoms with Gasteiger partial charge in [0.2, 0.25) is 17.3 Å². The van der Waals surface area contributed by atoms with Gasteiger partial charge in [-0.2, -0.15) is 25.3 Å². The van der Waals surface area contributed by atoms with Gasteiger partial charge in [-0.05, 0) is 147 Å². The van der Waals surface area contributed by atoms with Gasteiger partial charge >= 0.3 is 30.9 Å². The average molecular weight is 1680 g/mol. The van der Waals surface area contributed by atoms with Gasteiger partial charge in [-0.25, -0.2) is 49.7 Å². The second kappa shape index (κ2) is 35.0. The highest BCUT2D eigenvalue weighted by Gasteiger charge is 2.45. The number of nitrogens with one attached hydrogen (secondary N) is 3. The SMILES string of the molecule is Cc1oc(C(=O)c2cncnc2N[C@@H]2C[C@H](COS(N)(=O)=O)[C@@H](O)C2)cc1C1OCCc2ccc(Cl)cc21.Cc1sc(C(=O)c2cncnc2N[C@@H]2C[C@H](COS(N)(=O)=O)[C@@H](O)C2)cc1C1OCCc2ccsc21.Cc1sc(C(=O)c2cncnc2N[C@@H]2C[C@H](COS(N)(=O)=O)[C@@H](O)[C@@H]2F)cc1C1OCCc2ccccc21. The summed E-state index contributed by atoms with van der Waals surface area (Å²) in [5.74, 6) is -1.22. The Balaban J connectivity index is 0.000000147. The maximum Gasteiger partial charge on any atom is 0.333 e. The van der Waals surface area contributed by atoms with E-state index in [4.69, 9.17) is 45.6 Å². The molecule has 0 radical (unpaired) electrons.